The highest BCUT2D eigenvalue weighted by molar-refractivity contribution is 14.1. The van der Waals surface area contributed by atoms with Crippen LogP contribution in [0.5, 0.6) is 0 Å². The number of hydrogen-bond acceptors (Lipinski definition) is 2. The molecule has 0 atom stereocenters. The van der Waals surface area contributed by atoms with Crippen molar-refractivity contribution >= 4 is 50.8 Å². The van der Waals surface area contributed by atoms with E-state index in [1.807, 2.05) is 18.2 Å². The van der Waals surface area contributed by atoms with Gasteiger partial charge in [0.2, 0.25) is 0 Å². The van der Waals surface area contributed by atoms with E-state index in [4.69, 9.17) is 17.3 Å². The number of nitrogens with zero attached hydrogens (tertiary/aromatic N) is 1. The van der Waals surface area contributed by atoms with Gasteiger partial charge in [0.15, 0.2) is 0 Å². The second-order valence-corrected chi connectivity index (χ2v) is 4.38. The number of aromatic nitrogens is 1. The van der Waals surface area contributed by atoms with Gasteiger partial charge >= 0.3 is 0 Å². The quantitative estimate of drug-likeness (QED) is 0.760. The summed E-state index contributed by atoms with van der Waals surface area (Å²) in [5.74, 6) is 0. The first-order valence-electron chi connectivity index (χ1n) is 3.67. The minimum absolute atomic E-state index is 0.658. The van der Waals surface area contributed by atoms with Crippen LogP contribution in [0, 0.1) is 3.57 Å². The number of halogens is 2. The van der Waals surface area contributed by atoms with Gasteiger partial charge in [-0.3, -0.25) is 4.98 Å². The van der Waals surface area contributed by atoms with E-state index in [9.17, 15) is 0 Å². The molecule has 0 spiro atoms. The van der Waals surface area contributed by atoms with Crippen molar-refractivity contribution in [1.82, 2.24) is 4.98 Å². The lowest BCUT2D eigenvalue weighted by Crippen LogP contribution is -1.88. The Morgan fingerprint density at radius 1 is 1.31 bits per heavy atom. The molecule has 0 amide bonds. The Morgan fingerprint density at radius 3 is 2.85 bits per heavy atom. The summed E-state index contributed by atoms with van der Waals surface area (Å²) in [6, 6.07) is 5.76. The lowest BCUT2D eigenvalue weighted by atomic mass is 10.2. The Morgan fingerprint density at radius 2 is 2.08 bits per heavy atom. The first-order chi connectivity index (χ1) is 6.16. The summed E-state index contributed by atoms with van der Waals surface area (Å²) in [7, 11) is 0. The molecule has 1 aromatic heterocycles. The maximum atomic E-state index is 6.01. The highest BCUT2D eigenvalue weighted by Gasteiger charge is 2.02. The third-order valence-electron chi connectivity index (χ3n) is 1.72. The second-order valence-electron chi connectivity index (χ2n) is 2.73. The van der Waals surface area contributed by atoms with Gasteiger partial charge in [0.05, 0.1) is 22.4 Å². The summed E-state index contributed by atoms with van der Waals surface area (Å²) in [6.07, 6.45) is 1.61. The molecule has 0 fully saturated rings. The fraction of sp³-hybridized carbons (Fsp3) is 0. The molecule has 0 aliphatic rings. The van der Waals surface area contributed by atoms with Gasteiger partial charge in [-0.15, -0.1) is 0 Å². The third-order valence-corrected chi connectivity index (χ3v) is 2.63. The molecule has 0 radical (unpaired) electrons. The molecule has 66 valence electrons. The molecule has 0 aliphatic heterocycles. The van der Waals surface area contributed by atoms with Crippen LogP contribution in [0.1, 0.15) is 0 Å². The molecule has 2 rings (SSSR count). The molecular weight excluding hydrogens is 298 g/mol. The van der Waals surface area contributed by atoms with Gasteiger partial charge in [-0.2, -0.15) is 0 Å². The SMILES string of the molecule is Nc1cnc2c(Cl)cc(I)cc2c1. The van der Waals surface area contributed by atoms with E-state index in [0.717, 1.165) is 14.5 Å². The van der Waals surface area contributed by atoms with Gasteiger partial charge in [-0.1, -0.05) is 11.6 Å². The van der Waals surface area contributed by atoms with Gasteiger partial charge < -0.3 is 5.73 Å². The van der Waals surface area contributed by atoms with Crippen LogP contribution in [0.25, 0.3) is 10.9 Å². The monoisotopic (exact) mass is 304 g/mol. The molecule has 2 nitrogen and oxygen atoms in total. The summed E-state index contributed by atoms with van der Waals surface area (Å²) in [6.45, 7) is 0. The average molecular weight is 305 g/mol. The molecule has 13 heavy (non-hydrogen) atoms. The number of fused-ring (bicyclic) bond motifs is 1. The number of hydrogen-bond donors (Lipinski definition) is 1. The van der Waals surface area contributed by atoms with Crippen LogP contribution in [-0.2, 0) is 0 Å². The van der Waals surface area contributed by atoms with Crippen molar-refractivity contribution in [1.29, 1.82) is 0 Å². The first-order valence-corrected chi connectivity index (χ1v) is 5.13. The molecule has 1 heterocycles. The van der Waals surface area contributed by atoms with Crippen molar-refractivity contribution in [2.45, 2.75) is 0 Å². The number of pyridine rings is 1. The molecule has 1 aromatic carbocycles. The highest BCUT2D eigenvalue weighted by atomic mass is 127. The van der Waals surface area contributed by atoms with Gasteiger partial charge in [0, 0.05) is 8.96 Å². The van der Waals surface area contributed by atoms with Crippen LogP contribution < -0.4 is 5.73 Å². The number of rotatable bonds is 0. The molecule has 0 aliphatic carbocycles. The van der Waals surface area contributed by atoms with Gasteiger partial charge in [-0.05, 0) is 40.8 Å². The topological polar surface area (TPSA) is 38.9 Å². The van der Waals surface area contributed by atoms with E-state index >= 15 is 0 Å². The number of nitrogen functional groups attached to an aromatic ring is 1. The summed E-state index contributed by atoms with van der Waals surface area (Å²) in [5, 5.41) is 1.65. The van der Waals surface area contributed by atoms with Crippen molar-refractivity contribution in [3.05, 3.63) is 33.0 Å². The maximum Gasteiger partial charge on any atom is 0.0890 e. The zero-order valence-electron chi connectivity index (χ0n) is 6.59. The van der Waals surface area contributed by atoms with Crippen LogP contribution >= 0.6 is 34.2 Å². The molecule has 0 bridgehead atoms. The Balaban J connectivity index is 2.86. The second kappa shape index (κ2) is 3.31. The number of nitrogens with two attached hydrogens (primary N) is 1. The molecule has 0 saturated heterocycles. The Labute approximate surface area is 94.2 Å². The van der Waals surface area contributed by atoms with Gasteiger partial charge in [0.1, 0.15) is 0 Å². The average Bonchev–Trinajstić information content (AvgIpc) is 2.02. The van der Waals surface area contributed by atoms with Gasteiger partial charge in [-0.25, -0.2) is 0 Å². The lowest BCUT2D eigenvalue weighted by molar-refractivity contribution is 1.41. The van der Waals surface area contributed by atoms with Gasteiger partial charge in [0.25, 0.3) is 0 Å². The summed E-state index contributed by atoms with van der Waals surface area (Å²) in [5.41, 5.74) is 7.08. The fourth-order valence-electron chi connectivity index (χ4n) is 1.19. The van der Waals surface area contributed by atoms with Crippen LogP contribution in [-0.4, -0.2) is 4.98 Å². The van der Waals surface area contributed by atoms with Crippen molar-refractivity contribution in [3.63, 3.8) is 0 Å². The molecule has 4 heteroatoms. The zero-order valence-corrected chi connectivity index (χ0v) is 9.50. The summed E-state index contributed by atoms with van der Waals surface area (Å²) in [4.78, 5) is 4.16. The Bertz CT molecular complexity index is 465. The predicted octanol–water partition coefficient (Wildman–Crippen LogP) is 3.08. The molecule has 0 saturated carbocycles. The van der Waals surface area contributed by atoms with Crippen molar-refractivity contribution in [3.8, 4) is 0 Å². The van der Waals surface area contributed by atoms with E-state index in [-0.39, 0.29) is 0 Å². The largest absolute Gasteiger partial charge is 0.397 e. The molecule has 0 unspecified atom stereocenters. The van der Waals surface area contributed by atoms with E-state index in [2.05, 4.69) is 27.6 Å². The summed E-state index contributed by atoms with van der Waals surface area (Å²) < 4.78 is 1.09. The van der Waals surface area contributed by atoms with Crippen molar-refractivity contribution in [2.75, 3.05) is 5.73 Å². The van der Waals surface area contributed by atoms with E-state index in [0.29, 0.717) is 10.7 Å². The van der Waals surface area contributed by atoms with Crippen molar-refractivity contribution in [2.24, 2.45) is 0 Å². The minimum atomic E-state index is 0.658. The number of anilines is 1. The fourth-order valence-corrected chi connectivity index (χ4v) is 2.29. The third kappa shape index (κ3) is 1.71. The Kier molecular flexibility index (Phi) is 2.29. The Hall–Kier alpha value is -0.550. The smallest absolute Gasteiger partial charge is 0.0890 e. The molecule has 2 aromatic rings. The van der Waals surface area contributed by atoms with Crippen LogP contribution in [0.15, 0.2) is 24.4 Å². The summed E-state index contributed by atoms with van der Waals surface area (Å²) >= 11 is 8.22. The van der Waals surface area contributed by atoms with Crippen LogP contribution in [0.4, 0.5) is 5.69 Å². The van der Waals surface area contributed by atoms with Crippen LogP contribution in [0.2, 0.25) is 5.02 Å². The maximum absolute atomic E-state index is 6.01. The van der Waals surface area contributed by atoms with E-state index in [1.54, 1.807) is 6.20 Å². The minimum Gasteiger partial charge on any atom is -0.397 e. The predicted molar refractivity (Wildman–Crippen MR) is 63.9 cm³/mol. The standard InChI is InChI=1S/C9H6ClIN2/c10-8-3-6(11)1-5-2-7(12)4-13-9(5)8/h1-4H,12H2. The highest BCUT2D eigenvalue weighted by Crippen LogP contribution is 2.25. The first kappa shape index (κ1) is 9.02. The normalized spacial score (nSPS) is 10.6. The lowest BCUT2D eigenvalue weighted by Gasteiger charge is -2.01. The molecular formula is C9H6ClIN2. The van der Waals surface area contributed by atoms with E-state index in [1.165, 1.54) is 0 Å². The zero-order chi connectivity index (χ0) is 9.42. The van der Waals surface area contributed by atoms with Crippen molar-refractivity contribution < 1.29 is 0 Å². The number of benzene rings is 1. The van der Waals surface area contributed by atoms with Crippen LogP contribution in [0.3, 0.4) is 0 Å². The molecule has 2 N–H and O–H groups in total. The van der Waals surface area contributed by atoms with E-state index < -0.39 is 0 Å².